The van der Waals surface area contributed by atoms with Crippen molar-refractivity contribution < 1.29 is 27.8 Å². The van der Waals surface area contributed by atoms with Crippen LogP contribution in [0.1, 0.15) is 30.4 Å². The predicted molar refractivity (Wildman–Crippen MR) is 130 cm³/mol. The van der Waals surface area contributed by atoms with Crippen LogP contribution >= 0.6 is 0 Å². The average molecular weight is 497 g/mol. The molecule has 3 aromatic rings. The van der Waals surface area contributed by atoms with Crippen molar-refractivity contribution in [1.82, 2.24) is 9.88 Å². The van der Waals surface area contributed by atoms with E-state index in [1.807, 2.05) is 4.90 Å². The highest BCUT2D eigenvalue weighted by Crippen LogP contribution is 2.30. The van der Waals surface area contributed by atoms with E-state index in [1.54, 1.807) is 25.3 Å². The first-order valence-electron chi connectivity index (χ1n) is 11.9. The number of rotatable bonds is 7. The van der Waals surface area contributed by atoms with Crippen molar-refractivity contribution in [3.63, 3.8) is 0 Å². The van der Waals surface area contributed by atoms with E-state index in [0.29, 0.717) is 61.0 Å². The number of carboxylic acid groups (broad SMARTS) is 1. The molecular formula is C28H27F3N2O3. The minimum Gasteiger partial charge on any atom is -0.497 e. The van der Waals surface area contributed by atoms with Crippen molar-refractivity contribution in [2.24, 2.45) is 11.8 Å². The van der Waals surface area contributed by atoms with Gasteiger partial charge in [-0.25, -0.2) is 13.2 Å². The molecule has 188 valence electrons. The molecule has 4 rings (SSSR count). The summed E-state index contributed by atoms with van der Waals surface area (Å²) in [5, 5.41) is 10.5. The summed E-state index contributed by atoms with van der Waals surface area (Å²) in [6, 6.07) is 8.45. The van der Waals surface area contributed by atoms with Gasteiger partial charge in [-0.05, 0) is 80.1 Å². The predicted octanol–water partition coefficient (Wildman–Crippen LogP) is 5.06. The van der Waals surface area contributed by atoms with Crippen LogP contribution in [0.5, 0.6) is 5.75 Å². The third-order valence-electron chi connectivity index (χ3n) is 6.75. The first-order chi connectivity index (χ1) is 17.4. The minimum absolute atomic E-state index is 0.0202. The van der Waals surface area contributed by atoms with E-state index >= 15 is 0 Å². The Morgan fingerprint density at radius 1 is 1.19 bits per heavy atom. The number of pyridine rings is 1. The molecule has 36 heavy (non-hydrogen) atoms. The highest BCUT2D eigenvalue weighted by atomic mass is 19.1. The summed E-state index contributed by atoms with van der Waals surface area (Å²) >= 11 is 0. The summed E-state index contributed by atoms with van der Waals surface area (Å²) in [7, 11) is 1.55. The van der Waals surface area contributed by atoms with E-state index in [2.05, 4.69) is 16.8 Å². The van der Waals surface area contributed by atoms with E-state index in [0.717, 1.165) is 18.2 Å². The molecule has 0 amide bonds. The number of ether oxygens (including phenoxy) is 1. The van der Waals surface area contributed by atoms with Gasteiger partial charge in [-0.2, -0.15) is 0 Å². The normalized spacial score (nSPS) is 18.0. The Morgan fingerprint density at radius 2 is 2.03 bits per heavy atom. The number of aromatic nitrogens is 1. The van der Waals surface area contributed by atoms with Crippen molar-refractivity contribution in [1.29, 1.82) is 0 Å². The molecule has 0 spiro atoms. The van der Waals surface area contributed by atoms with Crippen LogP contribution < -0.4 is 4.74 Å². The van der Waals surface area contributed by atoms with Crippen LogP contribution in [0.15, 0.2) is 42.6 Å². The lowest BCUT2D eigenvalue weighted by molar-refractivity contribution is -0.146. The second-order valence-corrected chi connectivity index (χ2v) is 9.01. The molecule has 1 N–H and O–H groups in total. The zero-order chi connectivity index (χ0) is 25.7. The Morgan fingerprint density at radius 3 is 2.81 bits per heavy atom. The number of likely N-dealkylation sites (tertiary alicyclic amines) is 1. The number of piperidine rings is 1. The number of carboxylic acids is 1. The third-order valence-corrected chi connectivity index (χ3v) is 6.75. The molecule has 1 aliphatic heterocycles. The Balaban J connectivity index is 1.37. The van der Waals surface area contributed by atoms with Gasteiger partial charge in [0.15, 0.2) is 0 Å². The SMILES string of the molecule is COc1ccc2ncc(F)c(CCCC3CCN(CC#Cc4cc(F)ccc4F)CC3C(=O)O)c2c1. The number of carbonyl (C=O) groups is 1. The van der Waals surface area contributed by atoms with E-state index in [-0.39, 0.29) is 23.8 Å². The van der Waals surface area contributed by atoms with E-state index in [4.69, 9.17) is 4.74 Å². The lowest BCUT2D eigenvalue weighted by atomic mass is 9.81. The molecule has 0 bridgehead atoms. The zero-order valence-corrected chi connectivity index (χ0v) is 19.9. The number of halogens is 3. The standard InChI is InChI=1S/C28H27F3N2O3/c1-36-21-8-10-27-23(15-21)22(26(31)16-32-27)6-2-4-18-11-13-33(17-24(18)28(34)35)12-3-5-19-14-20(29)7-9-25(19)30/h7-10,14-16,18,24H,2,4,6,11-13,17H2,1H3,(H,34,35). The molecule has 0 aliphatic carbocycles. The highest BCUT2D eigenvalue weighted by molar-refractivity contribution is 5.83. The fraction of sp³-hybridized carbons (Fsp3) is 0.357. The molecule has 5 nitrogen and oxygen atoms in total. The number of fused-ring (bicyclic) bond motifs is 1. The maximum atomic E-state index is 14.6. The smallest absolute Gasteiger partial charge is 0.308 e. The maximum absolute atomic E-state index is 14.6. The zero-order valence-electron chi connectivity index (χ0n) is 19.9. The molecule has 1 aromatic heterocycles. The molecule has 8 heteroatoms. The van der Waals surface area contributed by atoms with Gasteiger partial charge in [0.2, 0.25) is 0 Å². The highest BCUT2D eigenvalue weighted by Gasteiger charge is 2.33. The first-order valence-corrected chi connectivity index (χ1v) is 11.9. The van der Waals surface area contributed by atoms with Crippen LogP contribution in [-0.4, -0.2) is 47.7 Å². The Bertz CT molecular complexity index is 1320. The topological polar surface area (TPSA) is 62.7 Å². The molecule has 1 aliphatic rings. The second-order valence-electron chi connectivity index (χ2n) is 9.01. The summed E-state index contributed by atoms with van der Waals surface area (Å²) < 4.78 is 46.9. The Labute approximate surface area is 207 Å². The monoisotopic (exact) mass is 496 g/mol. The van der Waals surface area contributed by atoms with E-state index in [9.17, 15) is 23.1 Å². The molecule has 2 heterocycles. The molecule has 1 fully saturated rings. The van der Waals surface area contributed by atoms with Crippen LogP contribution in [0.25, 0.3) is 10.9 Å². The average Bonchev–Trinajstić information content (AvgIpc) is 2.87. The molecule has 0 saturated carbocycles. The fourth-order valence-corrected chi connectivity index (χ4v) is 4.80. The van der Waals surface area contributed by atoms with Crippen LogP contribution in [0.4, 0.5) is 13.2 Å². The molecular weight excluding hydrogens is 469 g/mol. The summed E-state index contributed by atoms with van der Waals surface area (Å²) in [5.74, 6) is 3.05. The van der Waals surface area contributed by atoms with Crippen LogP contribution in [0, 0.1) is 41.1 Å². The summed E-state index contributed by atoms with van der Waals surface area (Å²) in [6.07, 6.45) is 3.65. The van der Waals surface area contributed by atoms with Gasteiger partial charge in [-0.15, -0.1) is 0 Å². The number of benzene rings is 2. The van der Waals surface area contributed by atoms with Gasteiger partial charge in [-0.3, -0.25) is 14.7 Å². The van der Waals surface area contributed by atoms with Gasteiger partial charge in [0, 0.05) is 11.9 Å². The van der Waals surface area contributed by atoms with Crippen molar-refractivity contribution in [2.45, 2.75) is 25.7 Å². The number of hydrogen-bond acceptors (Lipinski definition) is 4. The van der Waals surface area contributed by atoms with Crippen molar-refractivity contribution >= 4 is 16.9 Å². The number of aliphatic carboxylic acids is 1. The Kier molecular flexibility index (Phi) is 8.11. The van der Waals surface area contributed by atoms with E-state index in [1.165, 1.54) is 6.20 Å². The van der Waals surface area contributed by atoms with Crippen LogP contribution in [0.2, 0.25) is 0 Å². The van der Waals surface area contributed by atoms with Crippen molar-refractivity contribution in [2.75, 3.05) is 26.7 Å². The number of aryl methyl sites for hydroxylation is 1. The molecule has 2 atom stereocenters. The van der Waals surface area contributed by atoms with Crippen LogP contribution in [0.3, 0.4) is 0 Å². The minimum atomic E-state index is -0.876. The lowest BCUT2D eigenvalue weighted by Crippen LogP contribution is -2.44. The van der Waals surface area contributed by atoms with Gasteiger partial charge >= 0.3 is 5.97 Å². The quantitative estimate of drug-likeness (QED) is 0.464. The fourth-order valence-electron chi connectivity index (χ4n) is 4.80. The van der Waals surface area contributed by atoms with E-state index < -0.39 is 23.5 Å². The van der Waals surface area contributed by atoms with Gasteiger partial charge in [-0.1, -0.05) is 11.8 Å². The van der Waals surface area contributed by atoms with Gasteiger partial charge in [0.05, 0.1) is 36.8 Å². The molecule has 1 saturated heterocycles. The van der Waals surface area contributed by atoms with Crippen molar-refractivity contribution in [3.05, 3.63) is 71.2 Å². The number of nitrogens with zero attached hydrogens (tertiary/aromatic N) is 2. The third kappa shape index (κ3) is 5.97. The second kappa shape index (κ2) is 11.4. The van der Waals surface area contributed by atoms with Crippen molar-refractivity contribution in [3.8, 4) is 17.6 Å². The van der Waals surface area contributed by atoms with Gasteiger partial charge in [0.25, 0.3) is 0 Å². The first kappa shape index (κ1) is 25.5. The molecule has 2 aromatic carbocycles. The van der Waals surface area contributed by atoms with Crippen LogP contribution in [-0.2, 0) is 11.2 Å². The Hall–Kier alpha value is -3.57. The maximum Gasteiger partial charge on any atom is 0.308 e. The number of hydrogen-bond donors (Lipinski definition) is 1. The molecule has 0 radical (unpaired) electrons. The summed E-state index contributed by atoms with van der Waals surface area (Å²) in [6.45, 7) is 1.24. The van der Waals surface area contributed by atoms with Gasteiger partial charge in [0.1, 0.15) is 23.2 Å². The molecule has 2 unspecified atom stereocenters. The summed E-state index contributed by atoms with van der Waals surface area (Å²) in [5.41, 5.74) is 1.22. The largest absolute Gasteiger partial charge is 0.497 e. The number of methoxy groups -OCH3 is 1. The lowest BCUT2D eigenvalue weighted by Gasteiger charge is -2.35. The van der Waals surface area contributed by atoms with Gasteiger partial charge < -0.3 is 9.84 Å². The summed E-state index contributed by atoms with van der Waals surface area (Å²) in [4.78, 5) is 18.0.